The van der Waals surface area contributed by atoms with Crippen molar-refractivity contribution in [2.45, 2.75) is 41.8 Å². The zero-order valence-electron chi connectivity index (χ0n) is 21.5. The minimum Gasteiger partial charge on any atom is -0.508 e. The van der Waals surface area contributed by atoms with Crippen LogP contribution in [-0.4, -0.2) is 51.4 Å². The molecule has 1 aliphatic carbocycles. The summed E-state index contributed by atoms with van der Waals surface area (Å²) in [5.41, 5.74) is 9.37. The maximum absolute atomic E-state index is 13.0. The molecule has 0 saturated carbocycles. The van der Waals surface area contributed by atoms with Crippen LogP contribution < -0.4 is 16.2 Å². The van der Waals surface area contributed by atoms with Gasteiger partial charge in [0.15, 0.2) is 0 Å². The maximum Gasteiger partial charge on any atom is 0.262 e. The topological polar surface area (TPSA) is 119 Å². The summed E-state index contributed by atoms with van der Waals surface area (Å²) >= 11 is 8.05. The number of hydrogen-bond donors (Lipinski definition) is 2. The minimum absolute atomic E-state index is 0.0136. The Labute approximate surface area is 235 Å². The number of nitrogens with two attached hydrogens (primary N) is 1. The SMILES string of the molecule is COCCn1cnc2ccc(Sc3cnc(N4CCC5(CC4)Cc4ccc(O)cc4C5N)cn3)c(Cl)c2c1=O. The normalized spacial score (nSPS) is 18.1. The average molecular weight is 565 g/mol. The first-order valence-corrected chi connectivity index (χ1v) is 14.1. The van der Waals surface area contributed by atoms with Gasteiger partial charge in [-0.25, -0.2) is 15.0 Å². The van der Waals surface area contributed by atoms with E-state index in [0.717, 1.165) is 48.6 Å². The number of rotatable bonds is 6. The smallest absolute Gasteiger partial charge is 0.262 e. The van der Waals surface area contributed by atoms with Crippen LogP contribution in [0.4, 0.5) is 5.82 Å². The number of aromatic nitrogens is 4. The van der Waals surface area contributed by atoms with Crippen LogP contribution in [0.15, 0.2) is 63.8 Å². The lowest BCUT2D eigenvalue weighted by molar-refractivity contribution is 0.186. The lowest BCUT2D eigenvalue weighted by Crippen LogP contribution is -2.44. The van der Waals surface area contributed by atoms with Crippen LogP contribution in [-0.2, 0) is 17.7 Å². The first-order valence-electron chi connectivity index (χ1n) is 12.9. The van der Waals surface area contributed by atoms with Gasteiger partial charge in [0, 0.05) is 31.1 Å². The molecule has 0 bridgehead atoms. The fraction of sp³-hybridized carbons (Fsp3) is 0.357. The third-order valence-electron chi connectivity index (χ3n) is 8.01. The van der Waals surface area contributed by atoms with Crippen LogP contribution in [0.5, 0.6) is 5.75 Å². The molecule has 1 aliphatic heterocycles. The molecule has 2 aliphatic rings. The van der Waals surface area contributed by atoms with Crippen molar-refractivity contribution in [2.24, 2.45) is 11.1 Å². The largest absolute Gasteiger partial charge is 0.508 e. The van der Waals surface area contributed by atoms with Crippen molar-refractivity contribution in [2.75, 3.05) is 31.7 Å². The highest BCUT2D eigenvalue weighted by molar-refractivity contribution is 7.99. The Hall–Kier alpha value is -3.18. The Balaban J connectivity index is 1.15. The Morgan fingerprint density at radius 2 is 2.00 bits per heavy atom. The number of piperidine rings is 1. The molecule has 39 heavy (non-hydrogen) atoms. The van der Waals surface area contributed by atoms with Gasteiger partial charge < -0.3 is 20.5 Å². The summed E-state index contributed by atoms with van der Waals surface area (Å²) < 4.78 is 6.59. The molecule has 1 fully saturated rings. The summed E-state index contributed by atoms with van der Waals surface area (Å²) in [4.78, 5) is 29.6. The summed E-state index contributed by atoms with van der Waals surface area (Å²) in [6.07, 6.45) is 7.89. The van der Waals surface area contributed by atoms with E-state index in [4.69, 9.17) is 22.1 Å². The van der Waals surface area contributed by atoms with Crippen molar-refractivity contribution >= 4 is 40.1 Å². The van der Waals surface area contributed by atoms with Gasteiger partial charge in [0.2, 0.25) is 0 Å². The molecule has 1 spiro atoms. The number of halogens is 1. The third kappa shape index (κ3) is 4.75. The molecule has 1 unspecified atom stereocenters. The number of phenols is 1. The van der Waals surface area contributed by atoms with Crippen molar-refractivity contribution in [3.05, 3.63) is 75.6 Å². The number of nitrogens with zero attached hydrogens (tertiary/aromatic N) is 5. The lowest BCUT2D eigenvalue weighted by Gasteiger charge is -2.42. The molecule has 1 saturated heterocycles. The molecule has 2 aromatic carbocycles. The van der Waals surface area contributed by atoms with Gasteiger partial charge in [-0.15, -0.1) is 0 Å². The Kier molecular flexibility index (Phi) is 6.96. The van der Waals surface area contributed by atoms with Crippen molar-refractivity contribution in [3.63, 3.8) is 0 Å². The van der Waals surface area contributed by atoms with Gasteiger partial charge in [-0.2, -0.15) is 0 Å². The van der Waals surface area contributed by atoms with Gasteiger partial charge in [-0.3, -0.25) is 9.36 Å². The first kappa shape index (κ1) is 26.1. The van der Waals surface area contributed by atoms with E-state index in [-0.39, 0.29) is 22.8 Å². The number of benzene rings is 2. The molecular formula is C28H29ClN6O3S. The van der Waals surface area contributed by atoms with Crippen LogP contribution in [0, 0.1) is 5.41 Å². The van der Waals surface area contributed by atoms with Crippen LogP contribution in [0.1, 0.15) is 30.0 Å². The van der Waals surface area contributed by atoms with E-state index in [0.29, 0.717) is 34.1 Å². The number of methoxy groups -OCH3 is 1. The number of anilines is 1. The van der Waals surface area contributed by atoms with E-state index in [1.165, 1.54) is 28.2 Å². The summed E-state index contributed by atoms with van der Waals surface area (Å²) in [5, 5.41) is 11.3. The highest BCUT2D eigenvalue weighted by atomic mass is 35.5. The van der Waals surface area contributed by atoms with Gasteiger partial charge in [0.1, 0.15) is 16.6 Å². The molecule has 4 aromatic rings. The second kappa shape index (κ2) is 10.4. The Bertz CT molecular complexity index is 1590. The number of fused-ring (bicyclic) bond motifs is 2. The predicted octanol–water partition coefficient (Wildman–Crippen LogP) is 4.19. The van der Waals surface area contributed by atoms with E-state index in [1.807, 2.05) is 18.2 Å². The standard InChI is InChI=1S/C28H29ClN6O3S/c1-38-11-10-35-16-33-20-4-5-21(25(29)24(20)27(35)37)39-23-15-31-22(14-32-23)34-8-6-28(7-9-34)13-17-2-3-18(36)12-19(17)26(28)30/h2-5,12,14-16,26,36H,6-11,13,30H2,1H3. The number of hydrogen-bond acceptors (Lipinski definition) is 9. The molecule has 202 valence electrons. The molecule has 2 aromatic heterocycles. The van der Waals surface area contributed by atoms with Crippen molar-refractivity contribution in [1.82, 2.24) is 19.5 Å². The monoisotopic (exact) mass is 564 g/mol. The van der Waals surface area contributed by atoms with Gasteiger partial charge in [-0.05, 0) is 60.1 Å². The van der Waals surface area contributed by atoms with Crippen molar-refractivity contribution in [1.29, 1.82) is 0 Å². The van der Waals surface area contributed by atoms with Crippen LogP contribution >= 0.6 is 23.4 Å². The van der Waals surface area contributed by atoms with Crippen LogP contribution in [0.25, 0.3) is 10.9 Å². The number of aromatic hydroxyl groups is 1. The van der Waals surface area contributed by atoms with Crippen molar-refractivity contribution < 1.29 is 9.84 Å². The minimum atomic E-state index is -0.198. The van der Waals surface area contributed by atoms with Gasteiger partial charge in [0.25, 0.3) is 5.56 Å². The van der Waals surface area contributed by atoms with E-state index < -0.39 is 0 Å². The fourth-order valence-corrected chi connectivity index (χ4v) is 6.89. The van der Waals surface area contributed by atoms with E-state index in [9.17, 15) is 9.90 Å². The number of ether oxygens (including phenoxy) is 1. The summed E-state index contributed by atoms with van der Waals surface area (Å²) in [7, 11) is 1.59. The molecule has 3 heterocycles. The zero-order valence-corrected chi connectivity index (χ0v) is 23.1. The molecule has 0 amide bonds. The molecular weight excluding hydrogens is 536 g/mol. The van der Waals surface area contributed by atoms with Crippen molar-refractivity contribution in [3.8, 4) is 5.75 Å². The maximum atomic E-state index is 13.0. The first-order chi connectivity index (χ1) is 18.9. The van der Waals surface area contributed by atoms with Crippen LogP contribution in [0.3, 0.4) is 0 Å². The summed E-state index contributed by atoms with van der Waals surface area (Å²) in [6, 6.07) is 9.14. The second-order valence-electron chi connectivity index (χ2n) is 10.2. The van der Waals surface area contributed by atoms with Gasteiger partial charge in [0.05, 0.1) is 47.8 Å². The second-order valence-corrected chi connectivity index (χ2v) is 11.6. The molecule has 0 radical (unpaired) electrons. The predicted molar refractivity (Wildman–Crippen MR) is 152 cm³/mol. The van der Waals surface area contributed by atoms with E-state index >= 15 is 0 Å². The lowest BCUT2D eigenvalue weighted by atomic mass is 9.73. The average Bonchev–Trinajstić information content (AvgIpc) is 3.21. The zero-order chi connectivity index (χ0) is 27.1. The van der Waals surface area contributed by atoms with E-state index in [1.54, 1.807) is 31.6 Å². The molecule has 6 rings (SSSR count). The highest BCUT2D eigenvalue weighted by Crippen LogP contribution is 2.51. The molecule has 11 heteroatoms. The third-order valence-corrected chi connectivity index (χ3v) is 9.50. The fourth-order valence-electron chi connectivity index (χ4n) is 5.77. The molecule has 1 atom stereocenters. The summed E-state index contributed by atoms with van der Waals surface area (Å²) in [6.45, 7) is 2.49. The van der Waals surface area contributed by atoms with Gasteiger partial charge >= 0.3 is 0 Å². The summed E-state index contributed by atoms with van der Waals surface area (Å²) in [5.74, 6) is 1.10. The Morgan fingerprint density at radius 1 is 1.18 bits per heavy atom. The Morgan fingerprint density at radius 3 is 2.74 bits per heavy atom. The quantitative estimate of drug-likeness (QED) is 0.355. The highest BCUT2D eigenvalue weighted by Gasteiger charge is 2.46. The molecule has 9 nitrogen and oxygen atoms in total. The van der Waals surface area contributed by atoms with E-state index in [2.05, 4.69) is 19.9 Å². The van der Waals surface area contributed by atoms with Crippen LogP contribution in [0.2, 0.25) is 5.02 Å². The number of phenolic OH excluding ortho intramolecular Hbond substituents is 1. The van der Waals surface area contributed by atoms with Gasteiger partial charge in [-0.1, -0.05) is 29.4 Å². The molecule has 3 N–H and O–H groups in total.